The molecule has 1 aromatic rings. The Morgan fingerprint density at radius 2 is 2.14 bits per heavy atom. The van der Waals surface area contributed by atoms with Gasteiger partial charge in [-0.1, -0.05) is 6.08 Å². The predicted molar refractivity (Wildman–Crippen MR) is 86.1 cm³/mol. The molecule has 0 saturated heterocycles. The third-order valence-electron chi connectivity index (χ3n) is 3.38. The molecule has 0 spiro atoms. The molecule has 4 nitrogen and oxygen atoms in total. The van der Waals surface area contributed by atoms with Gasteiger partial charge in [0.2, 0.25) is 5.91 Å². The predicted octanol–water partition coefficient (Wildman–Crippen LogP) is 3.46. The molecule has 1 aliphatic heterocycles. The zero-order valence-corrected chi connectivity index (χ0v) is 14.0. The van der Waals surface area contributed by atoms with E-state index in [0.29, 0.717) is 26.2 Å². The Bertz CT molecular complexity index is 542. The number of carbonyl (C=O) groups is 1. The summed E-state index contributed by atoms with van der Waals surface area (Å²) < 4.78 is 11.5. The van der Waals surface area contributed by atoms with Crippen LogP contribution in [-0.4, -0.2) is 37.7 Å². The number of allylic oxidation sites excluding steroid dienone is 1. The van der Waals surface area contributed by atoms with E-state index in [1.54, 1.807) is 7.11 Å². The fourth-order valence-corrected chi connectivity index (χ4v) is 2.91. The fourth-order valence-electron chi connectivity index (χ4n) is 2.35. The highest BCUT2D eigenvalue weighted by Crippen LogP contribution is 2.33. The summed E-state index contributed by atoms with van der Waals surface area (Å²) in [6.07, 6.45) is 3.51. The lowest BCUT2D eigenvalue weighted by Crippen LogP contribution is -2.31. The van der Waals surface area contributed by atoms with Crippen LogP contribution in [0.5, 0.6) is 5.75 Å². The Hall–Kier alpha value is -1.33. The number of amides is 1. The molecule has 0 N–H and O–H groups in total. The highest BCUT2D eigenvalue weighted by Gasteiger charge is 2.22. The van der Waals surface area contributed by atoms with Gasteiger partial charge in [0.1, 0.15) is 12.4 Å². The van der Waals surface area contributed by atoms with Crippen LogP contribution in [0.1, 0.15) is 25.3 Å². The van der Waals surface area contributed by atoms with Gasteiger partial charge < -0.3 is 14.4 Å². The van der Waals surface area contributed by atoms with Crippen LogP contribution in [0.25, 0.3) is 5.70 Å². The quantitative estimate of drug-likeness (QED) is 0.735. The highest BCUT2D eigenvalue weighted by atomic mass is 79.9. The minimum Gasteiger partial charge on any atom is -0.491 e. The Labute approximate surface area is 133 Å². The van der Waals surface area contributed by atoms with E-state index in [4.69, 9.17) is 9.47 Å². The fraction of sp³-hybridized carbons (Fsp3) is 0.438. The van der Waals surface area contributed by atoms with Gasteiger partial charge in [-0.25, -0.2) is 0 Å². The van der Waals surface area contributed by atoms with Crippen molar-refractivity contribution in [2.24, 2.45) is 0 Å². The number of methoxy groups -OCH3 is 1. The lowest BCUT2D eigenvalue weighted by atomic mass is 10.0. The maximum absolute atomic E-state index is 12.0. The molecule has 0 radical (unpaired) electrons. The third kappa shape index (κ3) is 3.86. The second-order valence-electron chi connectivity index (χ2n) is 4.75. The summed E-state index contributed by atoms with van der Waals surface area (Å²) in [5.74, 6) is 0.968. The Kier molecular flexibility index (Phi) is 5.82. The highest BCUT2D eigenvalue weighted by molar-refractivity contribution is 9.10. The number of hydrogen-bond acceptors (Lipinski definition) is 3. The molecule has 2 rings (SSSR count). The molecule has 0 aromatic heterocycles. The van der Waals surface area contributed by atoms with Crippen LogP contribution < -0.4 is 4.74 Å². The first-order valence-corrected chi connectivity index (χ1v) is 7.88. The van der Waals surface area contributed by atoms with E-state index in [1.165, 1.54) is 0 Å². The maximum Gasteiger partial charge on any atom is 0.227 e. The third-order valence-corrected chi connectivity index (χ3v) is 4.03. The molecule has 1 heterocycles. The van der Waals surface area contributed by atoms with Crippen LogP contribution in [-0.2, 0) is 9.53 Å². The summed E-state index contributed by atoms with van der Waals surface area (Å²) in [6.45, 7) is 3.75. The summed E-state index contributed by atoms with van der Waals surface area (Å²) in [5.41, 5.74) is 1.99. The number of halogens is 1. The Morgan fingerprint density at radius 1 is 1.33 bits per heavy atom. The largest absolute Gasteiger partial charge is 0.491 e. The van der Waals surface area contributed by atoms with Crippen molar-refractivity contribution in [1.29, 1.82) is 0 Å². The number of hydrogen-bond donors (Lipinski definition) is 0. The van der Waals surface area contributed by atoms with Crippen molar-refractivity contribution in [2.75, 3.05) is 26.9 Å². The molecular weight excluding hydrogens is 334 g/mol. The molecule has 21 heavy (non-hydrogen) atoms. The summed E-state index contributed by atoms with van der Waals surface area (Å²) >= 11 is 3.58. The zero-order valence-electron chi connectivity index (χ0n) is 12.4. The summed E-state index contributed by atoms with van der Waals surface area (Å²) in [7, 11) is 1.65. The number of nitrogens with zero attached hydrogens (tertiary/aromatic N) is 1. The lowest BCUT2D eigenvalue weighted by molar-refractivity contribution is -0.128. The van der Waals surface area contributed by atoms with Crippen molar-refractivity contribution in [3.8, 4) is 5.75 Å². The second kappa shape index (κ2) is 7.61. The van der Waals surface area contributed by atoms with Crippen molar-refractivity contribution < 1.29 is 14.3 Å². The first kappa shape index (κ1) is 16.0. The molecule has 1 aromatic carbocycles. The molecule has 1 aliphatic rings. The number of rotatable bonds is 6. The van der Waals surface area contributed by atoms with Crippen molar-refractivity contribution >= 4 is 27.5 Å². The minimum atomic E-state index is 0.183. The van der Waals surface area contributed by atoms with Crippen molar-refractivity contribution in [2.45, 2.75) is 19.8 Å². The average Bonchev–Trinajstić information content (AvgIpc) is 2.47. The molecule has 5 heteroatoms. The molecule has 0 aliphatic carbocycles. The van der Waals surface area contributed by atoms with E-state index >= 15 is 0 Å². The van der Waals surface area contributed by atoms with Crippen LogP contribution in [0.4, 0.5) is 0 Å². The number of ether oxygens (including phenoxy) is 2. The van der Waals surface area contributed by atoms with E-state index in [1.807, 2.05) is 30.0 Å². The number of benzene rings is 1. The first-order valence-electron chi connectivity index (χ1n) is 7.09. The molecule has 1 amide bonds. The van der Waals surface area contributed by atoms with Gasteiger partial charge in [0.15, 0.2) is 0 Å². The average molecular weight is 354 g/mol. The zero-order chi connectivity index (χ0) is 15.2. The van der Waals surface area contributed by atoms with Crippen LogP contribution in [0, 0.1) is 0 Å². The summed E-state index contributed by atoms with van der Waals surface area (Å²) in [6, 6.07) is 5.83. The van der Waals surface area contributed by atoms with E-state index in [9.17, 15) is 4.79 Å². The Morgan fingerprint density at radius 3 is 2.81 bits per heavy atom. The second-order valence-corrected chi connectivity index (χ2v) is 5.60. The van der Waals surface area contributed by atoms with Gasteiger partial charge in [-0.3, -0.25) is 4.79 Å². The van der Waals surface area contributed by atoms with E-state index in [-0.39, 0.29) is 5.91 Å². The van der Waals surface area contributed by atoms with E-state index in [0.717, 1.165) is 27.9 Å². The molecule has 0 atom stereocenters. The van der Waals surface area contributed by atoms with Gasteiger partial charge in [0, 0.05) is 35.8 Å². The molecule has 114 valence electrons. The van der Waals surface area contributed by atoms with Gasteiger partial charge in [0.05, 0.1) is 6.61 Å². The van der Waals surface area contributed by atoms with Gasteiger partial charge in [-0.05, 0) is 47.5 Å². The maximum atomic E-state index is 12.0. The van der Waals surface area contributed by atoms with Gasteiger partial charge in [-0.2, -0.15) is 0 Å². The Balaban J connectivity index is 2.20. The lowest BCUT2D eigenvalue weighted by Gasteiger charge is -2.28. The minimum absolute atomic E-state index is 0.183. The van der Waals surface area contributed by atoms with Crippen molar-refractivity contribution in [3.63, 3.8) is 0 Å². The van der Waals surface area contributed by atoms with E-state index < -0.39 is 0 Å². The number of carbonyl (C=O) groups excluding carboxylic acids is 1. The van der Waals surface area contributed by atoms with Crippen molar-refractivity contribution in [3.05, 3.63) is 34.3 Å². The first-order chi connectivity index (χ1) is 10.2. The van der Waals surface area contributed by atoms with Crippen LogP contribution in [0.3, 0.4) is 0 Å². The topological polar surface area (TPSA) is 38.8 Å². The molecule has 0 fully saturated rings. The smallest absolute Gasteiger partial charge is 0.227 e. The molecule has 0 bridgehead atoms. The monoisotopic (exact) mass is 353 g/mol. The molecule has 0 unspecified atom stereocenters. The summed E-state index contributed by atoms with van der Waals surface area (Å²) in [5, 5.41) is 0. The van der Waals surface area contributed by atoms with Crippen LogP contribution >= 0.6 is 15.9 Å². The standard InChI is InChI=1S/C16H20BrNO3/c1-3-18-15(5-4-6-16(18)19)13-8-7-12(11-14(13)17)21-10-9-20-2/h5,7-8,11H,3-4,6,9-10H2,1-2H3. The SMILES string of the molecule is CCN1C(=O)CCC=C1c1ccc(OCCOC)cc1Br. The van der Waals surface area contributed by atoms with Crippen molar-refractivity contribution in [1.82, 2.24) is 4.90 Å². The van der Waals surface area contributed by atoms with E-state index in [2.05, 4.69) is 22.0 Å². The summed E-state index contributed by atoms with van der Waals surface area (Å²) in [4.78, 5) is 13.8. The van der Waals surface area contributed by atoms with Crippen LogP contribution in [0.15, 0.2) is 28.7 Å². The van der Waals surface area contributed by atoms with Gasteiger partial charge in [0.25, 0.3) is 0 Å². The molecular formula is C16H20BrNO3. The normalized spacial score (nSPS) is 15.1. The molecule has 0 saturated carbocycles. The van der Waals surface area contributed by atoms with Gasteiger partial charge in [-0.15, -0.1) is 0 Å². The van der Waals surface area contributed by atoms with Crippen LogP contribution in [0.2, 0.25) is 0 Å². The van der Waals surface area contributed by atoms with Gasteiger partial charge >= 0.3 is 0 Å².